The van der Waals surface area contributed by atoms with Crippen LogP contribution in [0.5, 0.6) is 11.5 Å². The number of ether oxygens (including phenoxy) is 7. The average Bonchev–Trinajstić information content (AvgIpc) is 3.16. The highest BCUT2D eigenvalue weighted by atomic mass is 16.8. The first-order valence-corrected chi connectivity index (χ1v) is 19.7. The first-order chi connectivity index (χ1) is 26.6. The normalized spacial score (nSPS) is 42.2. The van der Waals surface area contributed by atoms with Crippen LogP contribution in [0.2, 0.25) is 0 Å². The third-order valence-electron chi connectivity index (χ3n) is 11.9. The van der Waals surface area contributed by atoms with Crippen LogP contribution < -0.4 is 9.47 Å². The zero-order valence-corrected chi connectivity index (χ0v) is 32.2. The summed E-state index contributed by atoms with van der Waals surface area (Å²) < 4.78 is 41.7. The van der Waals surface area contributed by atoms with Crippen molar-refractivity contribution in [2.45, 2.75) is 170 Å². The van der Waals surface area contributed by atoms with Crippen molar-refractivity contribution in [2.75, 3.05) is 19.8 Å². The second-order valence-corrected chi connectivity index (χ2v) is 16.3. The van der Waals surface area contributed by atoms with Crippen LogP contribution in [0.3, 0.4) is 0 Å². The van der Waals surface area contributed by atoms with Gasteiger partial charge in [0.1, 0.15) is 90.3 Å². The molecule has 318 valence electrons. The molecule has 0 aromatic heterocycles. The van der Waals surface area contributed by atoms with Crippen LogP contribution in [-0.2, 0) is 30.1 Å². The van der Waals surface area contributed by atoms with Gasteiger partial charge in [0.25, 0.3) is 0 Å². The van der Waals surface area contributed by atoms with Crippen molar-refractivity contribution in [3.63, 3.8) is 0 Å². The Hall–Kier alpha value is -2.04. The summed E-state index contributed by atoms with van der Waals surface area (Å²) in [6.45, 7) is 6.07. The standard InChI is InChI=1S/C39H60O17/c1-5-6-7-8-18-12-21(26-19-11-17(2)9-10-20(19)39(3,4)56-22(26)13-18)50-36-32(48)30(46)34(25(16-42)53-36)54-38-33(49)35(28(44)24(15-41)52-38)55-37-31(47)29(45)27(43)23(14-40)51-37/h11-13,19-20,23-25,27-38,40-49H,5-10,14-16H2,1-4H3. The van der Waals surface area contributed by atoms with E-state index in [0.717, 1.165) is 49.7 Å². The molecule has 17 atom stereocenters. The van der Waals surface area contributed by atoms with Crippen molar-refractivity contribution in [1.29, 1.82) is 0 Å². The second kappa shape index (κ2) is 18.1. The van der Waals surface area contributed by atoms with Crippen LogP contribution >= 0.6 is 0 Å². The molecule has 0 amide bonds. The van der Waals surface area contributed by atoms with Gasteiger partial charge in [-0.25, -0.2) is 0 Å². The molecular weight excluding hydrogens is 740 g/mol. The van der Waals surface area contributed by atoms with E-state index in [1.165, 1.54) is 5.57 Å². The van der Waals surface area contributed by atoms with Gasteiger partial charge in [-0.3, -0.25) is 0 Å². The average molecular weight is 801 g/mol. The number of hydrogen-bond donors (Lipinski definition) is 10. The van der Waals surface area contributed by atoms with Crippen LogP contribution in [0.4, 0.5) is 0 Å². The number of allylic oxidation sites excluding steroid dienone is 2. The summed E-state index contributed by atoms with van der Waals surface area (Å²) in [5.41, 5.74) is 2.54. The summed E-state index contributed by atoms with van der Waals surface area (Å²) in [4.78, 5) is 0. The molecule has 1 aromatic carbocycles. The van der Waals surface area contributed by atoms with E-state index >= 15 is 0 Å². The van der Waals surface area contributed by atoms with Gasteiger partial charge >= 0.3 is 0 Å². The van der Waals surface area contributed by atoms with Gasteiger partial charge < -0.3 is 84.2 Å². The number of hydrogen-bond acceptors (Lipinski definition) is 17. The Bertz CT molecular complexity index is 1490. The number of benzene rings is 1. The molecule has 0 spiro atoms. The molecule has 4 heterocycles. The van der Waals surface area contributed by atoms with E-state index in [2.05, 4.69) is 33.8 Å². The lowest BCUT2D eigenvalue weighted by Gasteiger charge is -2.48. The van der Waals surface area contributed by atoms with Gasteiger partial charge in [0.2, 0.25) is 6.29 Å². The summed E-state index contributed by atoms with van der Waals surface area (Å²) in [6.07, 6.45) is -17.4. The molecule has 17 heteroatoms. The van der Waals surface area contributed by atoms with Crippen molar-refractivity contribution >= 4 is 0 Å². The monoisotopic (exact) mass is 800 g/mol. The van der Waals surface area contributed by atoms with Crippen LogP contribution in [0.25, 0.3) is 0 Å². The van der Waals surface area contributed by atoms with E-state index < -0.39 is 118 Å². The minimum absolute atomic E-state index is 0.0597. The Morgan fingerprint density at radius 1 is 0.696 bits per heavy atom. The summed E-state index contributed by atoms with van der Waals surface area (Å²) in [6, 6.07) is 3.95. The maximum absolute atomic E-state index is 11.5. The minimum Gasteiger partial charge on any atom is -0.487 e. The topological polar surface area (TPSA) is 267 Å². The Kier molecular flexibility index (Phi) is 14.0. The number of fused-ring (bicyclic) bond motifs is 3. The van der Waals surface area contributed by atoms with Crippen molar-refractivity contribution < 1.29 is 84.2 Å². The van der Waals surface area contributed by atoms with E-state index in [0.29, 0.717) is 11.5 Å². The first kappa shape index (κ1) is 43.5. The van der Waals surface area contributed by atoms with Crippen LogP contribution in [0.1, 0.15) is 76.8 Å². The number of rotatable bonds is 13. The van der Waals surface area contributed by atoms with E-state index in [1.807, 2.05) is 12.1 Å². The lowest BCUT2D eigenvalue weighted by atomic mass is 9.68. The molecule has 0 bridgehead atoms. The summed E-state index contributed by atoms with van der Waals surface area (Å²) >= 11 is 0. The smallest absolute Gasteiger partial charge is 0.229 e. The van der Waals surface area contributed by atoms with Gasteiger partial charge in [-0.2, -0.15) is 0 Å². The summed E-state index contributed by atoms with van der Waals surface area (Å²) in [7, 11) is 0. The molecule has 3 saturated heterocycles. The Morgan fingerprint density at radius 3 is 1.96 bits per heavy atom. The molecule has 0 saturated carbocycles. The van der Waals surface area contributed by atoms with Gasteiger partial charge in [-0.15, -0.1) is 0 Å². The number of aliphatic hydroxyl groups excluding tert-OH is 10. The molecular formula is C39H60O17. The second-order valence-electron chi connectivity index (χ2n) is 16.3. The fraction of sp³-hybridized carbons (Fsp3) is 0.795. The fourth-order valence-electron chi connectivity index (χ4n) is 8.64. The fourth-order valence-corrected chi connectivity index (χ4v) is 8.64. The van der Waals surface area contributed by atoms with Crippen molar-refractivity contribution in [3.8, 4) is 11.5 Å². The van der Waals surface area contributed by atoms with E-state index in [9.17, 15) is 51.1 Å². The molecule has 10 N–H and O–H groups in total. The molecule has 17 unspecified atom stereocenters. The quantitative estimate of drug-likeness (QED) is 0.0835. The number of aliphatic hydroxyl groups is 10. The first-order valence-electron chi connectivity index (χ1n) is 19.7. The molecule has 1 aliphatic carbocycles. The Morgan fingerprint density at radius 2 is 1.30 bits per heavy atom. The highest BCUT2D eigenvalue weighted by Crippen LogP contribution is 2.54. The van der Waals surface area contributed by atoms with Crippen molar-refractivity contribution in [1.82, 2.24) is 0 Å². The largest absolute Gasteiger partial charge is 0.487 e. The van der Waals surface area contributed by atoms with E-state index in [4.69, 9.17) is 33.2 Å². The highest BCUT2D eigenvalue weighted by Gasteiger charge is 2.54. The SMILES string of the molecule is CCCCCc1cc(OC2OC(CO)C(OC3OC(CO)C(O)C(OC4OC(CO)C(O)C(O)C4O)C3O)C(O)C2O)c2c(c1)OC(C)(C)C1CCC(C)=CC21. The molecule has 17 nitrogen and oxygen atoms in total. The summed E-state index contributed by atoms with van der Waals surface area (Å²) in [5, 5.41) is 106. The minimum atomic E-state index is -1.93. The van der Waals surface area contributed by atoms with Gasteiger partial charge in [-0.05, 0) is 64.2 Å². The van der Waals surface area contributed by atoms with E-state index in [1.54, 1.807) is 0 Å². The lowest BCUT2D eigenvalue weighted by Crippen LogP contribution is -2.67. The molecule has 6 rings (SSSR count). The molecule has 3 fully saturated rings. The highest BCUT2D eigenvalue weighted by molar-refractivity contribution is 5.54. The zero-order chi connectivity index (χ0) is 40.6. The Balaban J connectivity index is 1.23. The molecule has 0 radical (unpaired) electrons. The van der Waals surface area contributed by atoms with E-state index in [-0.39, 0.29) is 11.8 Å². The van der Waals surface area contributed by atoms with Crippen molar-refractivity contribution in [2.24, 2.45) is 5.92 Å². The molecule has 1 aromatic rings. The van der Waals surface area contributed by atoms with Crippen molar-refractivity contribution in [3.05, 3.63) is 34.9 Å². The van der Waals surface area contributed by atoms with Gasteiger partial charge in [-0.1, -0.05) is 31.4 Å². The third-order valence-corrected chi connectivity index (χ3v) is 11.9. The maximum Gasteiger partial charge on any atom is 0.229 e. The molecule has 56 heavy (non-hydrogen) atoms. The predicted molar refractivity (Wildman–Crippen MR) is 193 cm³/mol. The number of aryl methyl sites for hydroxylation is 1. The zero-order valence-electron chi connectivity index (χ0n) is 32.2. The van der Waals surface area contributed by atoms with Gasteiger partial charge in [0, 0.05) is 17.4 Å². The maximum atomic E-state index is 11.5. The predicted octanol–water partition coefficient (Wildman–Crippen LogP) is -1.14. The van der Waals surface area contributed by atoms with Crippen LogP contribution in [-0.4, -0.2) is 169 Å². The van der Waals surface area contributed by atoms with Crippen LogP contribution in [0.15, 0.2) is 23.8 Å². The Labute approximate surface area is 325 Å². The van der Waals surface area contributed by atoms with Gasteiger partial charge in [0.15, 0.2) is 12.6 Å². The number of unbranched alkanes of at least 4 members (excludes halogenated alkanes) is 2. The summed E-state index contributed by atoms with van der Waals surface area (Å²) in [5.74, 6) is 1.16. The molecule has 5 aliphatic rings. The third kappa shape index (κ3) is 8.64. The van der Waals surface area contributed by atoms with Gasteiger partial charge in [0.05, 0.1) is 19.8 Å². The van der Waals surface area contributed by atoms with Crippen LogP contribution in [0, 0.1) is 5.92 Å². The molecule has 4 aliphatic heterocycles. The lowest BCUT2D eigenvalue weighted by molar-refractivity contribution is -0.377.